The van der Waals surface area contributed by atoms with E-state index in [-0.39, 0.29) is 29.7 Å². The lowest BCUT2D eigenvalue weighted by Gasteiger charge is -2.19. The normalized spacial score (nSPS) is 11.6. The fraction of sp³-hybridized carbons (Fsp3) is 0.208. The van der Waals surface area contributed by atoms with E-state index in [9.17, 15) is 13.2 Å². The smallest absolute Gasteiger partial charge is 0.242 e. The number of hydrogen-bond acceptors (Lipinski definition) is 3. The second-order valence-electron chi connectivity index (χ2n) is 7.25. The van der Waals surface area contributed by atoms with Crippen molar-refractivity contribution in [3.63, 3.8) is 0 Å². The highest BCUT2D eigenvalue weighted by Crippen LogP contribution is 2.28. The summed E-state index contributed by atoms with van der Waals surface area (Å²) in [6.07, 6.45) is 0.274. The van der Waals surface area contributed by atoms with Crippen molar-refractivity contribution >= 4 is 15.9 Å². The Kier molecular flexibility index (Phi) is 7.03. The number of nitrogens with one attached hydrogen (secondary N) is 1. The lowest BCUT2D eigenvalue weighted by Crippen LogP contribution is -2.28. The molecule has 3 aromatic carbocycles. The minimum Gasteiger partial charge on any atom is -0.352 e. The number of sulfonamides is 1. The number of amides is 1. The number of rotatable bonds is 8. The molecule has 0 saturated carbocycles. The molecule has 0 aromatic heterocycles. The Labute approximate surface area is 178 Å². The molecule has 0 radical (unpaired) electrons. The Balaban J connectivity index is 1.77. The van der Waals surface area contributed by atoms with Crippen molar-refractivity contribution in [1.29, 1.82) is 0 Å². The van der Waals surface area contributed by atoms with Crippen LogP contribution < -0.4 is 5.32 Å². The van der Waals surface area contributed by atoms with Crippen molar-refractivity contribution < 1.29 is 13.2 Å². The van der Waals surface area contributed by atoms with Crippen molar-refractivity contribution in [2.45, 2.75) is 23.8 Å². The van der Waals surface area contributed by atoms with Gasteiger partial charge >= 0.3 is 0 Å². The minimum atomic E-state index is -3.58. The van der Waals surface area contributed by atoms with E-state index in [2.05, 4.69) is 5.32 Å². The van der Waals surface area contributed by atoms with Crippen LogP contribution in [0, 0.1) is 0 Å². The van der Waals surface area contributed by atoms with E-state index in [4.69, 9.17) is 0 Å². The number of carbonyl (C=O) groups excluding carboxylic acids is 1. The molecule has 0 unspecified atom stereocenters. The molecule has 1 amide bonds. The Morgan fingerprint density at radius 3 is 1.87 bits per heavy atom. The van der Waals surface area contributed by atoms with E-state index in [0.717, 1.165) is 11.1 Å². The Hall–Kier alpha value is -2.96. The molecule has 1 N–H and O–H groups in total. The third kappa shape index (κ3) is 5.14. The van der Waals surface area contributed by atoms with E-state index < -0.39 is 10.0 Å². The molecule has 0 aliphatic rings. The maximum Gasteiger partial charge on any atom is 0.242 e. The van der Waals surface area contributed by atoms with Gasteiger partial charge in [-0.15, -0.1) is 0 Å². The van der Waals surface area contributed by atoms with Crippen LogP contribution in [0.4, 0.5) is 0 Å². The highest BCUT2D eigenvalue weighted by atomic mass is 32.2. The average molecular weight is 423 g/mol. The zero-order valence-electron chi connectivity index (χ0n) is 17.2. The highest BCUT2D eigenvalue weighted by molar-refractivity contribution is 7.89. The van der Waals surface area contributed by atoms with Gasteiger partial charge in [0.1, 0.15) is 0 Å². The van der Waals surface area contributed by atoms with Crippen LogP contribution in [0.3, 0.4) is 0 Å². The first-order valence-corrected chi connectivity index (χ1v) is 11.2. The molecule has 0 saturated heterocycles. The zero-order chi connectivity index (χ0) is 21.6. The molecule has 156 valence electrons. The third-order valence-corrected chi connectivity index (χ3v) is 6.92. The lowest BCUT2D eigenvalue weighted by molar-refractivity contribution is -0.121. The summed E-state index contributed by atoms with van der Waals surface area (Å²) >= 11 is 0. The van der Waals surface area contributed by atoms with E-state index in [1.807, 2.05) is 60.7 Å². The van der Waals surface area contributed by atoms with Crippen LogP contribution in [0.1, 0.15) is 29.0 Å². The molecular formula is C24H26N2O3S. The van der Waals surface area contributed by atoms with Crippen LogP contribution in [0.2, 0.25) is 0 Å². The molecule has 5 nitrogen and oxygen atoms in total. The summed E-state index contributed by atoms with van der Waals surface area (Å²) in [4.78, 5) is 13.0. The van der Waals surface area contributed by atoms with Gasteiger partial charge in [-0.2, -0.15) is 0 Å². The highest BCUT2D eigenvalue weighted by Gasteiger charge is 2.22. The fourth-order valence-electron chi connectivity index (χ4n) is 3.35. The van der Waals surface area contributed by atoms with Crippen molar-refractivity contribution in [3.8, 4) is 0 Å². The van der Waals surface area contributed by atoms with E-state index in [1.165, 1.54) is 18.4 Å². The Morgan fingerprint density at radius 1 is 0.833 bits per heavy atom. The predicted molar refractivity (Wildman–Crippen MR) is 119 cm³/mol. The van der Waals surface area contributed by atoms with Crippen LogP contribution in [0.15, 0.2) is 89.8 Å². The second kappa shape index (κ2) is 9.69. The molecule has 0 aliphatic carbocycles. The molecule has 0 heterocycles. The Morgan fingerprint density at radius 2 is 1.33 bits per heavy atom. The summed E-state index contributed by atoms with van der Waals surface area (Å²) < 4.78 is 26.3. The molecule has 0 atom stereocenters. The zero-order valence-corrected chi connectivity index (χ0v) is 18.0. The number of carbonyl (C=O) groups is 1. The maximum absolute atomic E-state index is 12.8. The molecule has 0 spiro atoms. The van der Waals surface area contributed by atoms with E-state index in [0.29, 0.717) is 5.56 Å². The third-order valence-electron chi connectivity index (χ3n) is 5.00. The summed E-state index contributed by atoms with van der Waals surface area (Å²) in [5.41, 5.74) is 2.69. The van der Waals surface area contributed by atoms with Crippen LogP contribution in [-0.4, -0.2) is 32.7 Å². The molecule has 6 heteroatoms. The van der Waals surface area contributed by atoms with Gasteiger partial charge in [0, 0.05) is 33.0 Å². The molecule has 3 aromatic rings. The predicted octanol–water partition coefficient (Wildman–Crippen LogP) is 3.78. The standard InChI is InChI=1S/C24H26N2O3S/c1-26(2)30(28,29)23-16-10-9-15-21(23)18-25-24(27)17-22(19-11-5-3-6-12-19)20-13-7-4-8-14-20/h3-16,22H,17-18H2,1-2H3,(H,25,27). The first-order chi connectivity index (χ1) is 14.4. The van der Waals surface area contributed by atoms with Gasteiger partial charge < -0.3 is 5.32 Å². The number of benzene rings is 3. The number of nitrogens with zero attached hydrogens (tertiary/aromatic N) is 1. The van der Waals surface area contributed by atoms with Crippen LogP contribution in [0.5, 0.6) is 0 Å². The largest absolute Gasteiger partial charge is 0.352 e. The van der Waals surface area contributed by atoms with Crippen molar-refractivity contribution in [2.75, 3.05) is 14.1 Å². The van der Waals surface area contributed by atoms with Crippen LogP contribution >= 0.6 is 0 Å². The van der Waals surface area contributed by atoms with Gasteiger partial charge in [0.05, 0.1) is 4.90 Å². The van der Waals surface area contributed by atoms with Crippen LogP contribution in [0.25, 0.3) is 0 Å². The Bertz CT molecular complexity index is 1040. The lowest BCUT2D eigenvalue weighted by atomic mass is 9.88. The average Bonchev–Trinajstić information content (AvgIpc) is 2.77. The quantitative estimate of drug-likeness (QED) is 0.601. The summed E-state index contributed by atoms with van der Waals surface area (Å²) in [5.74, 6) is -0.210. The monoisotopic (exact) mass is 422 g/mol. The molecular weight excluding hydrogens is 396 g/mol. The van der Waals surface area contributed by atoms with Crippen LogP contribution in [-0.2, 0) is 21.4 Å². The van der Waals surface area contributed by atoms with Gasteiger partial charge in [0.25, 0.3) is 0 Å². The first-order valence-electron chi connectivity index (χ1n) is 9.76. The van der Waals surface area contributed by atoms with Crippen molar-refractivity contribution in [3.05, 3.63) is 102 Å². The van der Waals surface area contributed by atoms with E-state index >= 15 is 0 Å². The van der Waals surface area contributed by atoms with E-state index in [1.54, 1.807) is 24.3 Å². The molecule has 30 heavy (non-hydrogen) atoms. The van der Waals surface area contributed by atoms with Gasteiger partial charge in [0.2, 0.25) is 15.9 Å². The topological polar surface area (TPSA) is 66.5 Å². The fourth-order valence-corrected chi connectivity index (χ4v) is 4.46. The van der Waals surface area contributed by atoms with Crippen molar-refractivity contribution in [2.24, 2.45) is 0 Å². The van der Waals surface area contributed by atoms with Gasteiger partial charge in [-0.3, -0.25) is 4.79 Å². The molecule has 0 bridgehead atoms. The summed E-state index contributed by atoms with van der Waals surface area (Å²) in [6.45, 7) is 0.151. The minimum absolute atomic E-state index is 0.0758. The number of hydrogen-bond donors (Lipinski definition) is 1. The summed E-state index contributed by atoms with van der Waals surface area (Å²) in [7, 11) is -0.592. The van der Waals surface area contributed by atoms with Gasteiger partial charge in [-0.1, -0.05) is 78.9 Å². The molecule has 3 rings (SSSR count). The van der Waals surface area contributed by atoms with Gasteiger partial charge in [0.15, 0.2) is 0 Å². The SMILES string of the molecule is CN(C)S(=O)(=O)c1ccccc1CNC(=O)CC(c1ccccc1)c1ccccc1. The summed E-state index contributed by atoms with van der Waals surface area (Å²) in [6, 6.07) is 26.6. The maximum atomic E-state index is 12.8. The molecule has 0 aliphatic heterocycles. The van der Waals surface area contributed by atoms with Gasteiger partial charge in [-0.05, 0) is 22.8 Å². The van der Waals surface area contributed by atoms with Crippen molar-refractivity contribution in [1.82, 2.24) is 9.62 Å². The summed E-state index contributed by atoms with van der Waals surface area (Å²) in [5, 5.41) is 2.90. The second-order valence-corrected chi connectivity index (χ2v) is 9.37. The van der Waals surface area contributed by atoms with Gasteiger partial charge in [-0.25, -0.2) is 12.7 Å². The molecule has 0 fully saturated rings. The first kappa shape index (κ1) is 21.7.